The van der Waals surface area contributed by atoms with Crippen LogP contribution in [0.3, 0.4) is 0 Å². The van der Waals surface area contributed by atoms with Gasteiger partial charge in [0.05, 0.1) is 6.04 Å². The Hall–Kier alpha value is -1.51. The summed E-state index contributed by atoms with van der Waals surface area (Å²) in [6.07, 6.45) is 0.525. The first-order chi connectivity index (χ1) is 6.31. The third-order valence-corrected chi connectivity index (χ3v) is 2.20. The molecule has 0 radical (unpaired) electrons. The van der Waals surface area contributed by atoms with Crippen molar-refractivity contribution in [2.75, 3.05) is 0 Å². The number of hydrogen-bond acceptors (Lipinski definition) is 2. The second kappa shape index (κ2) is 3.09. The Morgan fingerprint density at radius 2 is 2.23 bits per heavy atom. The summed E-state index contributed by atoms with van der Waals surface area (Å²) in [5.74, 6) is 0.679. The van der Waals surface area contributed by atoms with Crippen molar-refractivity contribution in [3.63, 3.8) is 0 Å². The number of rotatable bonds is 1. The zero-order valence-electron chi connectivity index (χ0n) is 7.41. The SMILES string of the molecule is CCC1NC(=O)Oc2ccccc21. The average molecular weight is 177 g/mol. The zero-order chi connectivity index (χ0) is 9.26. The minimum absolute atomic E-state index is 0.0949. The van der Waals surface area contributed by atoms with Crippen molar-refractivity contribution in [3.05, 3.63) is 29.8 Å². The Labute approximate surface area is 76.7 Å². The van der Waals surface area contributed by atoms with E-state index < -0.39 is 0 Å². The molecule has 0 saturated heterocycles. The van der Waals surface area contributed by atoms with Gasteiger partial charge in [-0.1, -0.05) is 25.1 Å². The smallest absolute Gasteiger partial charge is 0.410 e. The second-order valence-corrected chi connectivity index (χ2v) is 3.03. The fourth-order valence-corrected chi connectivity index (χ4v) is 1.53. The predicted octanol–water partition coefficient (Wildman–Crippen LogP) is 2.24. The van der Waals surface area contributed by atoms with E-state index in [2.05, 4.69) is 5.32 Å². The maximum absolute atomic E-state index is 11.1. The van der Waals surface area contributed by atoms with Crippen LogP contribution in [0.4, 0.5) is 4.79 Å². The van der Waals surface area contributed by atoms with Gasteiger partial charge in [-0.05, 0) is 12.5 Å². The van der Waals surface area contributed by atoms with Crippen molar-refractivity contribution in [3.8, 4) is 5.75 Å². The van der Waals surface area contributed by atoms with Crippen LogP contribution in [0.2, 0.25) is 0 Å². The highest BCUT2D eigenvalue weighted by atomic mass is 16.6. The van der Waals surface area contributed by atoms with E-state index in [0.29, 0.717) is 5.75 Å². The van der Waals surface area contributed by atoms with Crippen LogP contribution in [0.25, 0.3) is 0 Å². The van der Waals surface area contributed by atoms with Crippen LogP contribution in [0.5, 0.6) is 5.75 Å². The Kier molecular flexibility index (Phi) is 1.93. The molecule has 1 heterocycles. The first-order valence-electron chi connectivity index (χ1n) is 4.38. The maximum Gasteiger partial charge on any atom is 0.413 e. The Morgan fingerprint density at radius 1 is 1.46 bits per heavy atom. The van der Waals surface area contributed by atoms with E-state index in [9.17, 15) is 4.79 Å². The van der Waals surface area contributed by atoms with Gasteiger partial charge in [-0.3, -0.25) is 0 Å². The van der Waals surface area contributed by atoms with Gasteiger partial charge in [0.2, 0.25) is 0 Å². The van der Waals surface area contributed by atoms with Crippen LogP contribution in [-0.4, -0.2) is 6.09 Å². The summed E-state index contributed by atoms with van der Waals surface area (Å²) in [7, 11) is 0. The third kappa shape index (κ3) is 1.37. The fourth-order valence-electron chi connectivity index (χ4n) is 1.53. The number of hydrogen-bond donors (Lipinski definition) is 1. The molecule has 1 aliphatic heterocycles. The normalized spacial score (nSPS) is 20.1. The minimum atomic E-state index is -0.356. The van der Waals surface area contributed by atoms with Crippen molar-refractivity contribution in [2.45, 2.75) is 19.4 Å². The molecule has 0 fully saturated rings. The molecule has 0 bridgehead atoms. The molecule has 3 nitrogen and oxygen atoms in total. The summed E-state index contributed by atoms with van der Waals surface area (Å²) in [6.45, 7) is 2.03. The Bertz CT molecular complexity index is 335. The molecule has 1 unspecified atom stereocenters. The summed E-state index contributed by atoms with van der Waals surface area (Å²) in [6, 6.07) is 7.70. The minimum Gasteiger partial charge on any atom is -0.410 e. The molecule has 1 N–H and O–H groups in total. The van der Waals surface area contributed by atoms with Gasteiger partial charge in [-0.25, -0.2) is 4.79 Å². The molecule has 1 aromatic rings. The van der Waals surface area contributed by atoms with E-state index in [0.717, 1.165) is 12.0 Å². The second-order valence-electron chi connectivity index (χ2n) is 3.03. The quantitative estimate of drug-likeness (QED) is 0.714. The molecule has 3 heteroatoms. The number of carbonyl (C=O) groups excluding carboxylic acids is 1. The molecule has 0 saturated carbocycles. The monoisotopic (exact) mass is 177 g/mol. The average Bonchev–Trinajstić information content (AvgIpc) is 2.16. The van der Waals surface area contributed by atoms with Gasteiger partial charge in [0, 0.05) is 5.56 Å². The molecule has 1 amide bonds. The van der Waals surface area contributed by atoms with Crippen molar-refractivity contribution >= 4 is 6.09 Å². The van der Waals surface area contributed by atoms with Gasteiger partial charge >= 0.3 is 6.09 Å². The molecule has 13 heavy (non-hydrogen) atoms. The van der Waals surface area contributed by atoms with E-state index in [1.54, 1.807) is 0 Å². The van der Waals surface area contributed by atoms with Crippen LogP contribution >= 0.6 is 0 Å². The largest absolute Gasteiger partial charge is 0.413 e. The molecule has 0 aliphatic carbocycles. The van der Waals surface area contributed by atoms with Crippen LogP contribution < -0.4 is 10.1 Å². The van der Waals surface area contributed by atoms with E-state index in [1.165, 1.54) is 0 Å². The maximum atomic E-state index is 11.1. The topological polar surface area (TPSA) is 38.3 Å². The first-order valence-corrected chi connectivity index (χ1v) is 4.38. The molecular formula is C10H11NO2. The van der Waals surface area contributed by atoms with E-state index in [1.807, 2.05) is 31.2 Å². The van der Waals surface area contributed by atoms with Gasteiger partial charge in [-0.15, -0.1) is 0 Å². The van der Waals surface area contributed by atoms with Gasteiger partial charge in [-0.2, -0.15) is 0 Å². The lowest BCUT2D eigenvalue weighted by molar-refractivity contribution is 0.188. The Morgan fingerprint density at radius 3 is 3.00 bits per heavy atom. The molecule has 0 spiro atoms. The molecule has 1 aliphatic rings. The number of carbonyl (C=O) groups is 1. The van der Waals surface area contributed by atoms with Gasteiger partial charge in [0.15, 0.2) is 0 Å². The summed E-state index contributed by atoms with van der Waals surface area (Å²) in [5, 5.41) is 2.76. The van der Waals surface area contributed by atoms with E-state index >= 15 is 0 Å². The number of benzene rings is 1. The standard InChI is InChI=1S/C10H11NO2/c1-2-8-7-5-3-4-6-9(7)13-10(12)11-8/h3-6,8H,2H2,1H3,(H,11,12). The molecule has 1 atom stereocenters. The number of amides is 1. The van der Waals surface area contributed by atoms with Crippen molar-refractivity contribution in [2.24, 2.45) is 0 Å². The number of ether oxygens (including phenoxy) is 1. The summed E-state index contributed by atoms with van der Waals surface area (Å²) in [4.78, 5) is 11.1. The molecule has 1 aromatic carbocycles. The van der Waals surface area contributed by atoms with Crippen LogP contribution in [0, 0.1) is 0 Å². The lowest BCUT2D eigenvalue weighted by Gasteiger charge is -2.24. The molecule has 0 aromatic heterocycles. The first kappa shape index (κ1) is 8.10. The van der Waals surface area contributed by atoms with Gasteiger partial charge < -0.3 is 10.1 Å². The van der Waals surface area contributed by atoms with Gasteiger partial charge in [0.25, 0.3) is 0 Å². The number of para-hydroxylation sites is 1. The highest BCUT2D eigenvalue weighted by molar-refractivity contribution is 5.74. The van der Waals surface area contributed by atoms with Crippen LogP contribution in [-0.2, 0) is 0 Å². The Balaban J connectivity index is 2.42. The highest BCUT2D eigenvalue weighted by Gasteiger charge is 2.23. The van der Waals surface area contributed by atoms with Gasteiger partial charge in [0.1, 0.15) is 5.75 Å². The predicted molar refractivity (Wildman–Crippen MR) is 48.6 cm³/mol. The van der Waals surface area contributed by atoms with Crippen molar-refractivity contribution < 1.29 is 9.53 Å². The van der Waals surface area contributed by atoms with Crippen molar-refractivity contribution in [1.29, 1.82) is 0 Å². The molecular weight excluding hydrogens is 166 g/mol. The number of fused-ring (bicyclic) bond motifs is 1. The van der Waals surface area contributed by atoms with Crippen molar-refractivity contribution in [1.82, 2.24) is 5.32 Å². The number of nitrogens with one attached hydrogen (secondary N) is 1. The molecule has 2 rings (SSSR count). The highest BCUT2D eigenvalue weighted by Crippen LogP contribution is 2.30. The lowest BCUT2D eigenvalue weighted by Crippen LogP contribution is -2.35. The summed E-state index contributed by atoms with van der Waals surface area (Å²) in [5.41, 5.74) is 1.06. The van der Waals surface area contributed by atoms with Crippen LogP contribution in [0.15, 0.2) is 24.3 Å². The summed E-state index contributed by atoms with van der Waals surface area (Å²) >= 11 is 0. The van der Waals surface area contributed by atoms with E-state index in [-0.39, 0.29) is 12.1 Å². The summed E-state index contributed by atoms with van der Waals surface area (Å²) < 4.78 is 5.01. The molecule has 68 valence electrons. The third-order valence-electron chi connectivity index (χ3n) is 2.20. The fraction of sp³-hybridized carbons (Fsp3) is 0.300. The zero-order valence-corrected chi connectivity index (χ0v) is 7.41. The van der Waals surface area contributed by atoms with E-state index in [4.69, 9.17) is 4.74 Å². The van der Waals surface area contributed by atoms with Crippen LogP contribution in [0.1, 0.15) is 24.9 Å². The lowest BCUT2D eigenvalue weighted by atomic mass is 10.0.